The van der Waals surface area contributed by atoms with Crippen LogP contribution in [0.4, 0.5) is 0 Å². The molecule has 0 aromatic heterocycles. The molecule has 0 amide bonds. The van der Waals surface area contributed by atoms with Crippen molar-refractivity contribution >= 4 is 5.97 Å². The second-order valence-electron chi connectivity index (χ2n) is 2.60. The summed E-state index contributed by atoms with van der Waals surface area (Å²) >= 11 is 0. The van der Waals surface area contributed by atoms with E-state index in [1.54, 1.807) is 13.8 Å². The second-order valence-corrected chi connectivity index (χ2v) is 2.60. The molecular weight excluding hydrogens is 134 g/mol. The quantitative estimate of drug-likeness (QED) is 0.498. The summed E-state index contributed by atoms with van der Waals surface area (Å²) in [5.41, 5.74) is 5.33. The van der Waals surface area contributed by atoms with E-state index in [2.05, 4.69) is 0 Å². The maximum absolute atomic E-state index is 10.1. The highest BCUT2D eigenvalue weighted by Gasteiger charge is 2.24. The van der Waals surface area contributed by atoms with E-state index in [4.69, 9.17) is 15.9 Å². The first-order chi connectivity index (χ1) is 4.46. The molecule has 0 fully saturated rings. The normalized spacial score (nSPS) is 16.9. The van der Waals surface area contributed by atoms with Crippen LogP contribution in [0.3, 0.4) is 0 Å². The van der Waals surface area contributed by atoms with Gasteiger partial charge in [-0.2, -0.15) is 0 Å². The van der Waals surface area contributed by atoms with E-state index < -0.39 is 18.1 Å². The van der Waals surface area contributed by atoms with Gasteiger partial charge in [0.2, 0.25) is 0 Å². The molecule has 4 heteroatoms. The second kappa shape index (κ2) is 3.53. The van der Waals surface area contributed by atoms with Crippen LogP contribution in [0.1, 0.15) is 13.8 Å². The lowest BCUT2D eigenvalue weighted by Crippen LogP contribution is -2.43. The summed E-state index contributed by atoms with van der Waals surface area (Å²) in [5.74, 6) is -1.28. The lowest BCUT2D eigenvalue weighted by Gasteiger charge is -2.17. The predicted molar refractivity (Wildman–Crippen MR) is 36.5 cm³/mol. The van der Waals surface area contributed by atoms with Crippen molar-refractivity contribution in [2.45, 2.75) is 26.0 Å². The minimum absolute atomic E-state index is 0.0221. The van der Waals surface area contributed by atoms with Crippen molar-refractivity contribution in [2.75, 3.05) is 0 Å². The number of rotatable bonds is 3. The monoisotopic (exact) mass is 147 g/mol. The molecule has 0 heterocycles. The molecular formula is C6H13NO3. The highest BCUT2D eigenvalue weighted by atomic mass is 16.4. The van der Waals surface area contributed by atoms with Crippen molar-refractivity contribution in [3.8, 4) is 0 Å². The van der Waals surface area contributed by atoms with E-state index in [9.17, 15) is 4.79 Å². The van der Waals surface area contributed by atoms with Gasteiger partial charge in [-0.1, -0.05) is 13.8 Å². The van der Waals surface area contributed by atoms with Gasteiger partial charge in [-0.05, 0) is 5.92 Å². The molecule has 0 aliphatic rings. The number of carbonyl (C=O) groups is 1. The number of hydrogen-bond acceptors (Lipinski definition) is 3. The van der Waals surface area contributed by atoms with E-state index in [0.717, 1.165) is 0 Å². The molecule has 1 unspecified atom stereocenters. The van der Waals surface area contributed by atoms with Crippen molar-refractivity contribution in [1.82, 2.24) is 0 Å². The minimum atomic E-state index is -1.44. The van der Waals surface area contributed by atoms with Crippen molar-refractivity contribution < 1.29 is 15.0 Å². The highest BCUT2D eigenvalue weighted by molar-refractivity contribution is 5.72. The number of carboxylic acids is 1. The summed E-state index contributed by atoms with van der Waals surface area (Å²) in [6.07, 6.45) is -1.44. The molecule has 10 heavy (non-hydrogen) atoms. The molecule has 0 saturated carbocycles. The summed E-state index contributed by atoms with van der Waals surface area (Å²) in [5, 5.41) is 17.1. The van der Waals surface area contributed by atoms with Gasteiger partial charge >= 0.3 is 5.97 Å². The number of nitrogens with two attached hydrogens (primary N) is 1. The Kier molecular flexibility index (Phi) is 3.32. The molecule has 0 aromatic rings. The fourth-order valence-corrected chi connectivity index (χ4v) is 0.529. The van der Waals surface area contributed by atoms with Crippen LogP contribution in [0, 0.1) is 5.92 Å². The number of carboxylic acid groups (broad SMARTS) is 1. The number of aliphatic carboxylic acids is 1. The highest BCUT2D eigenvalue weighted by Crippen LogP contribution is 2.02. The standard InChI is InChI=1S/C6H13NO3/c1-3(2)4(7)5(8)6(9)10/h3-5,8H,7H2,1-2H3,(H,9,10)/t4-,5?/m1/s1. The van der Waals surface area contributed by atoms with Gasteiger partial charge in [0.1, 0.15) is 0 Å². The van der Waals surface area contributed by atoms with Crippen molar-refractivity contribution in [2.24, 2.45) is 11.7 Å². The Bertz CT molecular complexity index is 124. The maximum atomic E-state index is 10.1. The molecule has 4 N–H and O–H groups in total. The molecule has 2 atom stereocenters. The molecule has 60 valence electrons. The van der Waals surface area contributed by atoms with Crippen LogP contribution in [0.15, 0.2) is 0 Å². The third-order valence-corrected chi connectivity index (χ3v) is 1.39. The van der Waals surface area contributed by atoms with Crippen LogP contribution in [-0.2, 0) is 4.79 Å². The van der Waals surface area contributed by atoms with E-state index >= 15 is 0 Å². The first-order valence-electron chi connectivity index (χ1n) is 3.13. The van der Waals surface area contributed by atoms with Crippen LogP contribution >= 0.6 is 0 Å². The van der Waals surface area contributed by atoms with Gasteiger partial charge in [0.25, 0.3) is 0 Å². The molecule has 0 radical (unpaired) electrons. The van der Waals surface area contributed by atoms with Gasteiger partial charge in [0, 0.05) is 6.04 Å². The Balaban J connectivity index is 3.94. The molecule has 0 spiro atoms. The summed E-state index contributed by atoms with van der Waals surface area (Å²) in [4.78, 5) is 10.1. The lowest BCUT2D eigenvalue weighted by molar-refractivity contribution is -0.148. The minimum Gasteiger partial charge on any atom is -0.479 e. The van der Waals surface area contributed by atoms with E-state index in [-0.39, 0.29) is 5.92 Å². The predicted octanol–water partition coefficient (Wildman–Crippen LogP) is -0.585. The van der Waals surface area contributed by atoms with Crippen LogP contribution in [0.2, 0.25) is 0 Å². The fraction of sp³-hybridized carbons (Fsp3) is 0.833. The number of aliphatic hydroxyl groups is 1. The van der Waals surface area contributed by atoms with Gasteiger partial charge in [-0.15, -0.1) is 0 Å². The summed E-state index contributed by atoms with van der Waals surface area (Å²) in [6, 6.07) is -0.683. The summed E-state index contributed by atoms with van der Waals surface area (Å²) < 4.78 is 0. The van der Waals surface area contributed by atoms with Gasteiger partial charge in [0.15, 0.2) is 6.10 Å². The SMILES string of the molecule is CC(C)[C@@H](N)C(O)C(=O)O. The molecule has 0 aliphatic carbocycles. The van der Waals surface area contributed by atoms with Crippen molar-refractivity contribution in [1.29, 1.82) is 0 Å². The molecule has 0 aliphatic heterocycles. The third kappa shape index (κ3) is 2.33. The number of hydrogen-bond donors (Lipinski definition) is 3. The maximum Gasteiger partial charge on any atom is 0.334 e. The van der Waals surface area contributed by atoms with Crippen molar-refractivity contribution in [3.63, 3.8) is 0 Å². The molecule has 0 rings (SSSR count). The zero-order chi connectivity index (χ0) is 8.31. The number of aliphatic hydroxyl groups excluding tert-OH is 1. The van der Waals surface area contributed by atoms with E-state index in [1.807, 2.05) is 0 Å². The first-order valence-corrected chi connectivity index (χ1v) is 3.13. The van der Waals surface area contributed by atoms with Crippen LogP contribution in [0.5, 0.6) is 0 Å². The first kappa shape index (κ1) is 9.39. The Morgan fingerprint density at radius 2 is 1.90 bits per heavy atom. The average Bonchev–Trinajstić information content (AvgIpc) is 1.84. The zero-order valence-electron chi connectivity index (χ0n) is 6.11. The van der Waals surface area contributed by atoms with Gasteiger partial charge in [0.05, 0.1) is 0 Å². The topological polar surface area (TPSA) is 83.5 Å². The largest absolute Gasteiger partial charge is 0.479 e. The fourth-order valence-electron chi connectivity index (χ4n) is 0.529. The van der Waals surface area contributed by atoms with E-state index in [1.165, 1.54) is 0 Å². The van der Waals surface area contributed by atoms with Crippen LogP contribution < -0.4 is 5.73 Å². The van der Waals surface area contributed by atoms with Crippen LogP contribution in [-0.4, -0.2) is 28.3 Å². The molecule has 4 nitrogen and oxygen atoms in total. The van der Waals surface area contributed by atoms with Gasteiger partial charge in [-0.3, -0.25) is 0 Å². The van der Waals surface area contributed by atoms with Crippen molar-refractivity contribution in [3.05, 3.63) is 0 Å². The summed E-state index contributed by atoms with van der Waals surface area (Å²) in [7, 11) is 0. The smallest absolute Gasteiger partial charge is 0.334 e. The third-order valence-electron chi connectivity index (χ3n) is 1.39. The molecule has 0 aromatic carbocycles. The van der Waals surface area contributed by atoms with Gasteiger partial charge < -0.3 is 15.9 Å². The lowest BCUT2D eigenvalue weighted by atomic mass is 10.00. The Hall–Kier alpha value is -0.610. The average molecular weight is 147 g/mol. The van der Waals surface area contributed by atoms with Gasteiger partial charge in [-0.25, -0.2) is 4.79 Å². The Morgan fingerprint density at radius 1 is 1.50 bits per heavy atom. The Labute approximate surface area is 59.7 Å². The molecule has 0 saturated heterocycles. The van der Waals surface area contributed by atoms with E-state index in [0.29, 0.717) is 0 Å². The molecule has 0 bridgehead atoms. The summed E-state index contributed by atoms with van der Waals surface area (Å²) in [6.45, 7) is 3.52. The zero-order valence-corrected chi connectivity index (χ0v) is 6.11. The Morgan fingerprint density at radius 3 is 2.00 bits per heavy atom. The van der Waals surface area contributed by atoms with Crippen LogP contribution in [0.25, 0.3) is 0 Å².